The van der Waals surface area contributed by atoms with Gasteiger partial charge in [-0.05, 0) is 50.1 Å². The zero-order chi connectivity index (χ0) is 25.7. The van der Waals surface area contributed by atoms with Crippen molar-refractivity contribution in [2.45, 2.75) is 51.4 Å². The molecule has 3 aromatic rings. The molecule has 7 nitrogen and oxygen atoms in total. The molecule has 0 saturated heterocycles. The number of allylic oxidation sites excluding steroid dienone is 1. The van der Waals surface area contributed by atoms with E-state index in [2.05, 4.69) is 17.2 Å². The average Bonchev–Trinajstić information content (AvgIpc) is 3.26. The molecule has 4 rings (SSSR count). The fraction of sp³-hybridized carbons (Fsp3) is 0.346. The first-order valence-corrected chi connectivity index (χ1v) is 13.2. The van der Waals surface area contributed by atoms with E-state index in [4.69, 9.17) is 26.2 Å². The number of aromatic nitrogens is 3. The van der Waals surface area contributed by atoms with Crippen molar-refractivity contribution < 1.29 is 18.7 Å². The number of hydrogen-bond acceptors (Lipinski definition) is 7. The fourth-order valence-corrected chi connectivity index (χ4v) is 4.98. The van der Waals surface area contributed by atoms with Crippen LogP contribution in [0, 0.1) is 5.82 Å². The highest BCUT2D eigenvalue weighted by Gasteiger charge is 2.35. The number of nitrogens with one attached hydrogen (secondary N) is 1. The third-order valence-corrected chi connectivity index (χ3v) is 6.98. The molecule has 1 aliphatic heterocycles. The molecule has 0 aliphatic carbocycles. The number of unbranched alkanes of at least 4 members (excludes halogenated alkanes) is 1. The second-order valence-corrected chi connectivity index (χ2v) is 9.68. The van der Waals surface area contributed by atoms with Crippen LogP contribution in [0.4, 0.5) is 10.3 Å². The van der Waals surface area contributed by atoms with Gasteiger partial charge in [-0.15, -0.1) is 5.10 Å². The van der Waals surface area contributed by atoms with Crippen molar-refractivity contribution in [2.75, 3.05) is 17.7 Å². The van der Waals surface area contributed by atoms with Gasteiger partial charge in [-0.2, -0.15) is 4.98 Å². The van der Waals surface area contributed by atoms with Crippen molar-refractivity contribution >= 4 is 35.3 Å². The quantitative estimate of drug-likeness (QED) is 0.185. The van der Waals surface area contributed by atoms with Gasteiger partial charge >= 0.3 is 5.97 Å². The molecule has 0 saturated carbocycles. The Morgan fingerprint density at radius 3 is 2.69 bits per heavy atom. The van der Waals surface area contributed by atoms with Gasteiger partial charge in [-0.3, -0.25) is 0 Å². The van der Waals surface area contributed by atoms with E-state index >= 15 is 0 Å². The Morgan fingerprint density at radius 1 is 1.22 bits per heavy atom. The summed E-state index contributed by atoms with van der Waals surface area (Å²) in [6.45, 7) is 6.00. The summed E-state index contributed by atoms with van der Waals surface area (Å²) in [5, 5.41) is 8.87. The molecule has 2 heterocycles. The summed E-state index contributed by atoms with van der Waals surface area (Å²) in [6, 6.07) is 11.3. The summed E-state index contributed by atoms with van der Waals surface area (Å²) in [6.07, 6.45) is 2.16. The van der Waals surface area contributed by atoms with Crippen LogP contribution in [-0.2, 0) is 16.1 Å². The molecule has 10 heteroatoms. The molecular weight excluding hydrogens is 503 g/mol. The molecule has 2 aromatic carbocycles. The van der Waals surface area contributed by atoms with Gasteiger partial charge in [0.15, 0.2) is 0 Å². The number of esters is 1. The lowest BCUT2D eigenvalue weighted by Gasteiger charge is -2.28. The number of halogens is 2. The number of ether oxygens (including phenoxy) is 2. The number of carbonyl (C=O) groups excluding carboxylic acids is 1. The summed E-state index contributed by atoms with van der Waals surface area (Å²) in [5.74, 6) is 1.20. The molecule has 1 aliphatic rings. The number of anilines is 1. The lowest BCUT2D eigenvalue weighted by Crippen LogP contribution is -2.29. The Balaban J connectivity index is 1.62. The Hall–Kier alpha value is -3.04. The van der Waals surface area contributed by atoms with Gasteiger partial charge in [-0.25, -0.2) is 13.9 Å². The summed E-state index contributed by atoms with van der Waals surface area (Å²) in [4.78, 5) is 17.6. The third-order valence-electron chi connectivity index (χ3n) is 5.70. The summed E-state index contributed by atoms with van der Waals surface area (Å²) in [7, 11) is 0. The van der Waals surface area contributed by atoms with E-state index in [9.17, 15) is 9.18 Å². The standard InChI is InChI=1S/C26H28ClFN4O3S/c1-4-6-14-36-26-30-25-29-16(3)22(24(33)34-5-2)23(32(25)31-26)17-10-12-18(13-11-17)35-15-19-20(27)8-7-9-21(19)28/h7-13,23H,4-6,14-15H2,1-3H3,(H,29,30,31). The van der Waals surface area contributed by atoms with Crippen LogP contribution in [0.2, 0.25) is 5.02 Å². The second kappa shape index (κ2) is 11.8. The molecule has 0 fully saturated rings. The predicted molar refractivity (Wildman–Crippen MR) is 139 cm³/mol. The molecule has 190 valence electrons. The number of thioether (sulfide) groups is 1. The first kappa shape index (κ1) is 26.0. The van der Waals surface area contributed by atoms with Gasteiger partial charge < -0.3 is 14.8 Å². The zero-order valence-corrected chi connectivity index (χ0v) is 22.0. The van der Waals surface area contributed by atoms with E-state index in [0.717, 1.165) is 24.2 Å². The smallest absolute Gasteiger partial charge is 0.338 e. The SMILES string of the molecule is CCCCSc1nc2n(n1)C(c1ccc(OCc3c(F)cccc3Cl)cc1)C(C(=O)OCC)=C(C)N2. The minimum Gasteiger partial charge on any atom is -0.489 e. The van der Waals surface area contributed by atoms with Crippen molar-refractivity contribution in [2.24, 2.45) is 0 Å². The number of hydrogen-bond donors (Lipinski definition) is 1. The van der Waals surface area contributed by atoms with Crippen LogP contribution in [0.5, 0.6) is 5.75 Å². The van der Waals surface area contributed by atoms with E-state index in [1.165, 1.54) is 6.07 Å². The minimum absolute atomic E-state index is 0.00312. The zero-order valence-electron chi connectivity index (χ0n) is 20.4. The Morgan fingerprint density at radius 2 is 2.00 bits per heavy atom. The molecule has 0 bridgehead atoms. The van der Waals surface area contributed by atoms with Crippen LogP contribution >= 0.6 is 23.4 Å². The van der Waals surface area contributed by atoms with Crippen LogP contribution in [0.25, 0.3) is 0 Å². The molecule has 36 heavy (non-hydrogen) atoms. The largest absolute Gasteiger partial charge is 0.489 e. The maximum absolute atomic E-state index is 14.1. The molecule has 1 atom stereocenters. The second-order valence-electron chi connectivity index (χ2n) is 8.21. The van der Waals surface area contributed by atoms with Crippen molar-refractivity contribution in [3.8, 4) is 5.75 Å². The van der Waals surface area contributed by atoms with E-state index in [-0.39, 0.29) is 13.2 Å². The molecule has 0 radical (unpaired) electrons. The first-order chi connectivity index (χ1) is 17.4. The average molecular weight is 531 g/mol. The van der Waals surface area contributed by atoms with Crippen molar-refractivity contribution in [3.05, 3.63) is 75.7 Å². The fourth-order valence-electron chi connectivity index (χ4n) is 3.85. The highest BCUT2D eigenvalue weighted by molar-refractivity contribution is 7.99. The highest BCUT2D eigenvalue weighted by atomic mass is 35.5. The maximum Gasteiger partial charge on any atom is 0.338 e. The molecule has 1 N–H and O–H groups in total. The Kier molecular flexibility index (Phi) is 8.53. The van der Waals surface area contributed by atoms with E-state index in [0.29, 0.717) is 38.7 Å². The monoisotopic (exact) mass is 530 g/mol. The molecular formula is C26H28ClFN4O3S. The van der Waals surface area contributed by atoms with E-state index < -0.39 is 17.8 Å². The Labute approximate surface area is 219 Å². The van der Waals surface area contributed by atoms with Crippen LogP contribution in [-0.4, -0.2) is 33.1 Å². The number of nitrogens with zero attached hydrogens (tertiary/aromatic N) is 3. The predicted octanol–water partition coefficient (Wildman–Crippen LogP) is 6.39. The van der Waals surface area contributed by atoms with Gasteiger partial charge in [0.1, 0.15) is 24.2 Å². The summed E-state index contributed by atoms with van der Waals surface area (Å²) in [5.41, 5.74) is 2.24. The van der Waals surface area contributed by atoms with E-state index in [1.54, 1.807) is 47.6 Å². The molecule has 1 aromatic heterocycles. The molecule has 0 spiro atoms. The van der Waals surface area contributed by atoms with Gasteiger partial charge in [0.2, 0.25) is 11.1 Å². The van der Waals surface area contributed by atoms with Gasteiger partial charge in [0.25, 0.3) is 0 Å². The van der Waals surface area contributed by atoms with Gasteiger partial charge in [-0.1, -0.05) is 54.9 Å². The number of benzene rings is 2. The molecule has 1 unspecified atom stereocenters. The van der Waals surface area contributed by atoms with Crippen molar-refractivity contribution in [1.82, 2.24) is 14.8 Å². The highest BCUT2D eigenvalue weighted by Crippen LogP contribution is 2.37. The van der Waals surface area contributed by atoms with Crippen molar-refractivity contribution in [1.29, 1.82) is 0 Å². The molecule has 0 amide bonds. The third kappa shape index (κ3) is 5.68. The van der Waals surface area contributed by atoms with E-state index in [1.807, 2.05) is 19.1 Å². The van der Waals surface area contributed by atoms with Gasteiger partial charge in [0.05, 0.1) is 17.2 Å². The Bertz CT molecular complexity index is 1240. The number of fused-ring (bicyclic) bond motifs is 1. The first-order valence-electron chi connectivity index (χ1n) is 11.8. The maximum atomic E-state index is 14.1. The summed E-state index contributed by atoms with van der Waals surface area (Å²) < 4.78 is 26.9. The summed E-state index contributed by atoms with van der Waals surface area (Å²) >= 11 is 7.69. The minimum atomic E-state index is -0.525. The lowest BCUT2D eigenvalue weighted by molar-refractivity contribution is -0.139. The number of carbonyl (C=O) groups is 1. The van der Waals surface area contributed by atoms with Gasteiger partial charge in [0, 0.05) is 17.0 Å². The lowest BCUT2D eigenvalue weighted by atomic mass is 9.96. The topological polar surface area (TPSA) is 78.3 Å². The van der Waals surface area contributed by atoms with Crippen LogP contribution < -0.4 is 10.1 Å². The van der Waals surface area contributed by atoms with Crippen LogP contribution in [0.1, 0.15) is 50.8 Å². The van der Waals surface area contributed by atoms with Crippen LogP contribution in [0.15, 0.2) is 58.9 Å². The van der Waals surface area contributed by atoms with Crippen LogP contribution in [0.3, 0.4) is 0 Å². The normalized spacial score (nSPS) is 14.9. The number of rotatable bonds is 10. The van der Waals surface area contributed by atoms with Crippen molar-refractivity contribution in [3.63, 3.8) is 0 Å².